The quantitative estimate of drug-likeness (QED) is 0.819. The first-order valence-electron chi connectivity index (χ1n) is 7.50. The third-order valence-electron chi connectivity index (χ3n) is 4.56. The van der Waals surface area contributed by atoms with Gasteiger partial charge in [0, 0.05) is 19.4 Å². The number of rotatable bonds is 3. The minimum Gasteiger partial charge on any atom is -0.315 e. The molecule has 0 amide bonds. The highest BCUT2D eigenvalue weighted by molar-refractivity contribution is 5.00. The summed E-state index contributed by atoms with van der Waals surface area (Å²) >= 11 is 0. The molecule has 0 atom stereocenters. The molecular weight excluding hydrogens is 224 g/mol. The Kier molecular flexibility index (Phi) is 3.64. The second-order valence-electron chi connectivity index (χ2n) is 5.72. The van der Waals surface area contributed by atoms with Gasteiger partial charge in [-0.15, -0.1) is 10.2 Å². The van der Waals surface area contributed by atoms with Crippen molar-refractivity contribution in [2.24, 2.45) is 5.92 Å². The molecule has 2 aliphatic heterocycles. The van der Waals surface area contributed by atoms with E-state index >= 15 is 0 Å². The lowest BCUT2D eigenvalue weighted by atomic mass is 9.93. The zero-order valence-electron chi connectivity index (χ0n) is 11.4. The Hall–Kier alpha value is -0.900. The van der Waals surface area contributed by atoms with Crippen molar-refractivity contribution in [2.75, 3.05) is 19.6 Å². The summed E-state index contributed by atoms with van der Waals surface area (Å²) in [6, 6.07) is 0. The van der Waals surface area contributed by atoms with Crippen LogP contribution in [0.3, 0.4) is 0 Å². The summed E-state index contributed by atoms with van der Waals surface area (Å²) < 4.78 is 2.38. The van der Waals surface area contributed by atoms with Crippen LogP contribution in [0.4, 0.5) is 0 Å². The van der Waals surface area contributed by atoms with E-state index in [-0.39, 0.29) is 0 Å². The third-order valence-corrected chi connectivity index (χ3v) is 4.56. The lowest BCUT2D eigenvalue weighted by Crippen LogP contribution is -2.34. The van der Waals surface area contributed by atoms with Gasteiger partial charge in [-0.3, -0.25) is 0 Å². The number of nitrogens with zero attached hydrogens (tertiary/aromatic N) is 4. The fourth-order valence-electron chi connectivity index (χ4n) is 3.28. The zero-order chi connectivity index (χ0) is 12.4. The molecule has 3 heterocycles. The summed E-state index contributed by atoms with van der Waals surface area (Å²) in [5, 5.41) is 8.79. The van der Waals surface area contributed by atoms with E-state index in [0.29, 0.717) is 0 Å². The van der Waals surface area contributed by atoms with Gasteiger partial charge in [-0.25, -0.2) is 0 Å². The van der Waals surface area contributed by atoms with E-state index in [1.54, 1.807) is 0 Å². The number of likely N-dealkylation sites (tertiary alicyclic amines) is 1. The molecule has 0 aromatic carbocycles. The van der Waals surface area contributed by atoms with Crippen molar-refractivity contribution in [3.8, 4) is 0 Å². The smallest absolute Gasteiger partial charge is 0.133 e. The molecule has 0 unspecified atom stereocenters. The van der Waals surface area contributed by atoms with Crippen LogP contribution in [0.2, 0.25) is 0 Å². The largest absolute Gasteiger partial charge is 0.315 e. The number of aromatic nitrogens is 3. The van der Waals surface area contributed by atoms with Crippen LogP contribution in [0.15, 0.2) is 0 Å². The van der Waals surface area contributed by atoms with Gasteiger partial charge in [0.2, 0.25) is 0 Å². The van der Waals surface area contributed by atoms with Crippen molar-refractivity contribution in [3.05, 3.63) is 11.6 Å². The van der Waals surface area contributed by atoms with Crippen LogP contribution in [-0.2, 0) is 19.4 Å². The molecule has 0 N–H and O–H groups in total. The molecule has 18 heavy (non-hydrogen) atoms. The van der Waals surface area contributed by atoms with Gasteiger partial charge in [0.15, 0.2) is 0 Å². The van der Waals surface area contributed by atoms with Gasteiger partial charge >= 0.3 is 0 Å². The van der Waals surface area contributed by atoms with Gasteiger partial charge in [-0.2, -0.15) is 0 Å². The molecule has 100 valence electrons. The van der Waals surface area contributed by atoms with E-state index in [9.17, 15) is 0 Å². The zero-order valence-corrected chi connectivity index (χ0v) is 11.4. The van der Waals surface area contributed by atoms with Crippen LogP contribution in [0.25, 0.3) is 0 Å². The first kappa shape index (κ1) is 12.2. The Labute approximate surface area is 109 Å². The second kappa shape index (κ2) is 5.39. The summed E-state index contributed by atoms with van der Waals surface area (Å²) in [6.45, 7) is 7.14. The van der Waals surface area contributed by atoms with Crippen LogP contribution < -0.4 is 0 Å². The predicted molar refractivity (Wildman–Crippen MR) is 71.5 cm³/mol. The highest BCUT2D eigenvalue weighted by atomic mass is 15.3. The maximum atomic E-state index is 4.43. The van der Waals surface area contributed by atoms with Gasteiger partial charge in [0.25, 0.3) is 0 Å². The molecule has 3 rings (SSSR count). The van der Waals surface area contributed by atoms with Gasteiger partial charge < -0.3 is 9.47 Å². The lowest BCUT2D eigenvalue weighted by molar-refractivity contribution is 0.190. The summed E-state index contributed by atoms with van der Waals surface area (Å²) in [7, 11) is 0. The van der Waals surface area contributed by atoms with Gasteiger partial charge in [-0.1, -0.05) is 6.92 Å². The van der Waals surface area contributed by atoms with Crippen LogP contribution >= 0.6 is 0 Å². The molecule has 1 fully saturated rings. The van der Waals surface area contributed by atoms with Crippen LogP contribution in [-0.4, -0.2) is 39.3 Å². The fraction of sp³-hybridized carbons (Fsp3) is 0.857. The average molecular weight is 248 g/mol. The number of aryl methyl sites for hydroxylation is 1. The van der Waals surface area contributed by atoms with Gasteiger partial charge in [0.1, 0.15) is 11.6 Å². The Balaban J connectivity index is 1.61. The van der Waals surface area contributed by atoms with E-state index in [0.717, 1.165) is 25.3 Å². The Morgan fingerprint density at radius 2 is 1.94 bits per heavy atom. The van der Waals surface area contributed by atoms with Crippen molar-refractivity contribution in [3.63, 3.8) is 0 Å². The molecule has 0 radical (unpaired) electrons. The molecule has 0 saturated carbocycles. The van der Waals surface area contributed by atoms with E-state index in [4.69, 9.17) is 0 Å². The first-order chi connectivity index (χ1) is 8.86. The number of piperidine rings is 1. The normalized spacial score (nSPS) is 22.1. The number of fused-ring (bicyclic) bond motifs is 1. The minimum absolute atomic E-state index is 0.822. The minimum atomic E-state index is 0.822. The molecule has 0 aliphatic carbocycles. The topological polar surface area (TPSA) is 34.0 Å². The number of hydrogen-bond donors (Lipinski definition) is 0. The number of hydrogen-bond acceptors (Lipinski definition) is 3. The summed E-state index contributed by atoms with van der Waals surface area (Å²) in [5.74, 6) is 3.30. The van der Waals surface area contributed by atoms with Crippen molar-refractivity contribution >= 4 is 0 Å². The molecular formula is C14H24N4. The molecule has 0 bridgehead atoms. The predicted octanol–water partition coefficient (Wildman–Crippen LogP) is 1.89. The van der Waals surface area contributed by atoms with E-state index < -0.39 is 0 Å². The van der Waals surface area contributed by atoms with Crippen molar-refractivity contribution in [2.45, 2.75) is 52.0 Å². The van der Waals surface area contributed by atoms with Crippen LogP contribution in [0, 0.1) is 5.92 Å². The molecule has 4 nitrogen and oxygen atoms in total. The van der Waals surface area contributed by atoms with Crippen molar-refractivity contribution in [1.29, 1.82) is 0 Å². The third kappa shape index (κ3) is 2.44. The maximum Gasteiger partial charge on any atom is 0.133 e. The molecule has 2 aliphatic rings. The standard InChI is InChI=1S/C14H24N4/c1-2-17-9-6-12(7-10-17)11-14-16-15-13-5-3-4-8-18(13)14/h12H,2-11H2,1H3. The summed E-state index contributed by atoms with van der Waals surface area (Å²) in [5.41, 5.74) is 0. The monoisotopic (exact) mass is 248 g/mol. The second-order valence-corrected chi connectivity index (χ2v) is 5.72. The molecule has 1 aromatic heterocycles. The van der Waals surface area contributed by atoms with E-state index in [1.165, 1.54) is 57.0 Å². The molecule has 4 heteroatoms. The van der Waals surface area contributed by atoms with Crippen molar-refractivity contribution < 1.29 is 0 Å². The highest BCUT2D eigenvalue weighted by Gasteiger charge is 2.22. The summed E-state index contributed by atoms with van der Waals surface area (Å²) in [6.07, 6.45) is 7.51. The van der Waals surface area contributed by atoms with Crippen LogP contribution in [0.1, 0.15) is 44.3 Å². The maximum absolute atomic E-state index is 4.43. The summed E-state index contributed by atoms with van der Waals surface area (Å²) in [4.78, 5) is 2.55. The first-order valence-corrected chi connectivity index (χ1v) is 7.50. The molecule has 0 spiro atoms. The van der Waals surface area contributed by atoms with E-state index in [1.807, 2.05) is 0 Å². The Bertz CT molecular complexity index is 390. The average Bonchev–Trinajstić information content (AvgIpc) is 2.83. The fourth-order valence-corrected chi connectivity index (χ4v) is 3.28. The van der Waals surface area contributed by atoms with E-state index in [2.05, 4.69) is 26.6 Å². The Morgan fingerprint density at radius 1 is 1.11 bits per heavy atom. The lowest BCUT2D eigenvalue weighted by Gasteiger charge is -2.30. The molecule has 1 saturated heterocycles. The highest BCUT2D eigenvalue weighted by Crippen LogP contribution is 2.22. The van der Waals surface area contributed by atoms with Gasteiger partial charge in [-0.05, 0) is 51.2 Å². The SMILES string of the molecule is CCN1CCC(Cc2nnc3n2CCCC3)CC1. The van der Waals surface area contributed by atoms with Gasteiger partial charge in [0.05, 0.1) is 0 Å². The molecule has 1 aromatic rings. The Morgan fingerprint density at radius 3 is 2.72 bits per heavy atom. The van der Waals surface area contributed by atoms with Crippen LogP contribution in [0.5, 0.6) is 0 Å². The van der Waals surface area contributed by atoms with Crippen molar-refractivity contribution in [1.82, 2.24) is 19.7 Å².